The summed E-state index contributed by atoms with van der Waals surface area (Å²) in [6.07, 6.45) is 5.96. The fourth-order valence-electron chi connectivity index (χ4n) is 3.09. The first-order chi connectivity index (χ1) is 7.81. The standard InChI is InChI=1S/C12H20N2O2/c15-12(6-9-2-1-5-13-9)14-7-10-3-4-11(8-14)16-10/h9-11,13H,1-8H2. The number of carbonyl (C=O) groups excluding carboxylic acids is 1. The van der Waals surface area contributed by atoms with Crippen molar-refractivity contribution < 1.29 is 9.53 Å². The van der Waals surface area contributed by atoms with Gasteiger partial charge in [-0.15, -0.1) is 0 Å². The van der Waals surface area contributed by atoms with E-state index in [9.17, 15) is 4.79 Å². The number of hydrogen-bond acceptors (Lipinski definition) is 3. The van der Waals surface area contributed by atoms with Crippen molar-refractivity contribution in [3.63, 3.8) is 0 Å². The fraction of sp³-hybridized carbons (Fsp3) is 0.917. The van der Waals surface area contributed by atoms with Crippen LogP contribution in [0.5, 0.6) is 0 Å². The summed E-state index contributed by atoms with van der Waals surface area (Å²) in [4.78, 5) is 14.1. The number of likely N-dealkylation sites (tertiary alicyclic amines) is 1. The molecule has 0 saturated carbocycles. The molecular formula is C12H20N2O2. The van der Waals surface area contributed by atoms with E-state index in [4.69, 9.17) is 4.74 Å². The van der Waals surface area contributed by atoms with E-state index in [1.807, 2.05) is 4.90 Å². The number of nitrogens with one attached hydrogen (secondary N) is 1. The summed E-state index contributed by atoms with van der Waals surface area (Å²) in [7, 11) is 0. The Morgan fingerprint density at radius 3 is 2.62 bits per heavy atom. The van der Waals surface area contributed by atoms with Gasteiger partial charge in [0.25, 0.3) is 0 Å². The molecule has 3 heterocycles. The number of carbonyl (C=O) groups is 1. The first kappa shape index (κ1) is 10.5. The molecule has 3 fully saturated rings. The first-order valence-electron chi connectivity index (χ1n) is 6.48. The number of rotatable bonds is 2. The third-order valence-electron chi connectivity index (χ3n) is 3.98. The van der Waals surface area contributed by atoms with Gasteiger partial charge in [-0.1, -0.05) is 0 Å². The average Bonchev–Trinajstić information content (AvgIpc) is 2.89. The van der Waals surface area contributed by atoms with E-state index in [1.165, 1.54) is 6.42 Å². The summed E-state index contributed by atoms with van der Waals surface area (Å²) in [6, 6.07) is 0.424. The Labute approximate surface area is 96.3 Å². The van der Waals surface area contributed by atoms with E-state index in [2.05, 4.69) is 5.32 Å². The number of morpholine rings is 1. The molecular weight excluding hydrogens is 204 g/mol. The minimum atomic E-state index is 0.319. The molecule has 3 unspecified atom stereocenters. The lowest BCUT2D eigenvalue weighted by Crippen LogP contribution is -2.47. The van der Waals surface area contributed by atoms with E-state index in [1.54, 1.807) is 0 Å². The average molecular weight is 224 g/mol. The van der Waals surface area contributed by atoms with Crippen molar-refractivity contribution in [1.82, 2.24) is 10.2 Å². The van der Waals surface area contributed by atoms with Crippen LogP contribution >= 0.6 is 0 Å². The highest BCUT2D eigenvalue weighted by Crippen LogP contribution is 2.26. The minimum absolute atomic E-state index is 0.319. The summed E-state index contributed by atoms with van der Waals surface area (Å²) in [5.41, 5.74) is 0. The maximum absolute atomic E-state index is 12.1. The maximum Gasteiger partial charge on any atom is 0.224 e. The Kier molecular flexibility index (Phi) is 2.86. The molecule has 2 bridgehead atoms. The molecule has 3 saturated heterocycles. The van der Waals surface area contributed by atoms with Crippen LogP contribution in [-0.2, 0) is 9.53 Å². The molecule has 0 spiro atoms. The van der Waals surface area contributed by atoms with Gasteiger partial charge in [0.2, 0.25) is 5.91 Å². The zero-order chi connectivity index (χ0) is 11.0. The van der Waals surface area contributed by atoms with Gasteiger partial charge in [0.15, 0.2) is 0 Å². The lowest BCUT2D eigenvalue weighted by molar-refractivity contribution is -0.140. The molecule has 16 heavy (non-hydrogen) atoms. The predicted octanol–water partition coefficient (Wildman–Crippen LogP) is 0.518. The SMILES string of the molecule is O=C(CC1CCCN1)N1CC2CCC(C1)O2. The maximum atomic E-state index is 12.1. The van der Waals surface area contributed by atoms with E-state index in [-0.39, 0.29) is 0 Å². The Balaban J connectivity index is 1.54. The van der Waals surface area contributed by atoms with Crippen LogP contribution in [0, 0.1) is 0 Å². The second-order valence-corrected chi connectivity index (χ2v) is 5.25. The van der Waals surface area contributed by atoms with Gasteiger partial charge in [-0.05, 0) is 32.2 Å². The minimum Gasteiger partial charge on any atom is -0.371 e. The van der Waals surface area contributed by atoms with Crippen LogP contribution in [0.2, 0.25) is 0 Å². The van der Waals surface area contributed by atoms with Gasteiger partial charge in [-0.3, -0.25) is 4.79 Å². The lowest BCUT2D eigenvalue weighted by atomic mass is 10.1. The van der Waals surface area contributed by atoms with Crippen LogP contribution in [0.1, 0.15) is 32.1 Å². The molecule has 3 atom stereocenters. The molecule has 1 N–H and O–H groups in total. The molecule has 3 rings (SSSR count). The fourth-order valence-corrected chi connectivity index (χ4v) is 3.09. The molecule has 0 aromatic heterocycles. The molecule has 90 valence electrons. The van der Waals surface area contributed by atoms with Crippen molar-refractivity contribution in [2.24, 2.45) is 0 Å². The van der Waals surface area contributed by atoms with Gasteiger partial charge in [-0.2, -0.15) is 0 Å². The topological polar surface area (TPSA) is 41.6 Å². The Morgan fingerprint density at radius 2 is 2.00 bits per heavy atom. The van der Waals surface area contributed by atoms with Crippen molar-refractivity contribution in [2.75, 3.05) is 19.6 Å². The zero-order valence-corrected chi connectivity index (χ0v) is 9.65. The predicted molar refractivity (Wildman–Crippen MR) is 60.1 cm³/mol. The van der Waals surface area contributed by atoms with Crippen LogP contribution in [0.3, 0.4) is 0 Å². The Morgan fingerprint density at radius 1 is 1.25 bits per heavy atom. The van der Waals surface area contributed by atoms with Crippen molar-refractivity contribution in [3.05, 3.63) is 0 Å². The van der Waals surface area contributed by atoms with Crippen LogP contribution < -0.4 is 5.32 Å². The second kappa shape index (κ2) is 4.34. The smallest absolute Gasteiger partial charge is 0.224 e. The molecule has 3 aliphatic rings. The molecule has 0 radical (unpaired) electrons. The van der Waals surface area contributed by atoms with Gasteiger partial charge in [0.05, 0.1) is 12.2 Å². The third kappa shape index (κ3) is 2.09. The highest BCUT2D eigenvalue weighted by molar-refractivity contribution is 5.77. The molecule has 0 aromatic carbocycles. The summed E-state index contributed by atoms with van der Waals surface area (Å²) in [6.45, 7) is 2.72. The number of hydrogen-bond donors (Lipinski definition) is 1. The van der Waals surface area contributed by atoms with Crippen molar-refractivity contribution in [3.8, 4) is 0 Å². The largest absolute Gasteiger partial charge is 0.371 e. The van der Waals surface area contributed by atoms with E-state index < -0.39 is 0 Å². The van der Waals surface area contributed by atoms with Crippen LogP contribution in [0.25, 0.3) is 0 Å². The van der Waals surface area contributed by atoms with Gasteiger partial charge in [0.1, 0.15) is 0 Å². The summed E-state index contributed by atoms with van der Waals surface area (Å²) in [5, 5.41) is 3.39. The molecule has 1 amide bonds. The molecule has 3 aliphatic heterocycles. The molecule has 4 nitrogen and oxygen atoms in total. The van der Waals surface area contributed by atoms with Crippen molar-refractivity contribution in [2.45, 2.75) is 50.4 Å². The van der Waals surface area contributed by atoms with E-state index in [0.717, 1.165) is 38.9 Å². The normalized spacial score (nSPS) is 38.0. The summed E-state index contributed by atoms with van der Waals surface area (Å²) < 4.78 is 5.74. The Hall–Kier alpha value is -0.610. The number of nitrogens with zero attached hydrogens (tertiary/aromatic N) is 1. The van der Waals surface area contributed by atoms with Crippen LogP contribution in [-0.4, -0.2) is 48.7 Å². The van der Waals surface area contributed by atoms with Crippen LogP contribution in [0.4, 0.5) is 0 Å². The van der Waals surface area contributed by atoms with E-state index in [0.29, 0.717) is 30.6 Å². The quantitative estimate of drug-likeness (QED) is 0.743. The highest BCUT2D eigenvalue weighted by Gasteiger charge is 2.36. The molecule has 0 aromatic rings. The zero-order valence-electron chi connectivity index (χ0n) is 9.65. The van der Waals surface area contributed by atoms with Gasteiger partial charge in [-0.25, -0.2) is 0 Å². The third-order valence-corrected chi connectivity index (χ3v) is 3.98. The number of fused-ring (bicyclic) bond motifs is 2. The lowest BCUT2D eigenvalue weighted by Gasteiger charge is -2.32. The van der Waals surface area contributed by atoms with Crippen molar-refractivity contribution >= 4 is 5.91 Å². The molecule has 0 aliphatic carbocycles. The molecule has 4 heteroatoms. The van der Waals surface area contributed by atoms with Crippen molar-refractivity contribution in [1.29, 1.82) is 0 Å². The Bertz CT molecular complexity index is 264. The second-order valence-electron chi connectivity index (χ2n) is 5.25. The summed E-state index contributed by atoms with van der Waals surface area (Å²) >= 11 is 0. The van der Waals surface area contributed by atoms with E-state index >= 15 is 0 Å². The van der Waals surface area contributed by atoms with Gasteiger partial charge in [0, 0.05) is 25.6 Å². The monoisotopic (exact) mass is 224 g/mol. The van der Waals surface area contributed by atoms with Gasteiger partial charge < -0.3 is 15.0 Å². The number of amides is 1. The van der Waals surface area contributed by atoms with Gasteiger partial charge >= 0.3 is 0 Å². The highest BCUT2D eigenvalue weighted by atomic mass is 16.5. The first-order valence-corrected chi connectivity index (χ1v) is 6.48. The number of ether oxygens (including phenoxy) is 1. The van der Waals surface area contributed by atoms with Crippen LogP contribution in [0.15, 0.2) is 0 Å². The summed E-state index contributed by atoms with van der Waals surface area (Å²) in [5.74, 6) is 0.319.